The average molecular weight is 981 g/mol. The van der Waals surface area contributed by atoms with Crippen LogP contribution in [0.4, 0.5) is 0 Å². The van der Waals surface area contributed by atoms with Crippen molar-refractivity contribution in [2.24, 2.45) is 39.8 Å². The van der Waals surface area contributed by atoms with Gasteiger partial charge in [0.05, 0.1) is 19.3 Å². The van der Waals surface area contributed by atoms with E-state index in [-0.39, 0.29) is 56.9 Å². The van der Waals surface area contributed by atoms with Crippen LogP contribution >= 0.6 is 11.8 Å². The highest BCUT2D eigenvalue weighted by atomic mass is 32.2. The first-order valence-corrected chi connectivity index (χ1v) is 24.2. The van der Waals surface area contributed by atoms with Crippen LogP contribution < -0.4 is 60.2 Å². The monoisotopic (exact) mass is 981 g/mol. The fourth-order valence-corrected chi connectivity index (χ4v) is 7.14. The molecule has 0 aliphatic carbocycles. The number of unbranched alkanes of at least 4 members (excludes halogenated alkanes) is 1. The van der Waals surface area contributed by atoms with Crippen molar-refractivity contribution in [3.05, 3.63) is 35.9 Å². The third kappa shape index (κ3) is 23.0. The van der Waals surface area contributed by atoms with Crippen LogP contribution in [0.15, 0.2) is 35.3 Å². The Kier molecular flexibility index (Phi) is 29.4. The van der Waals surface area contributed by atoms with E-state index >= 15 is 0 Å². The highest BCUT2D eigenvalue weighted by molar-refractivity contribution is 7.98. The van der Waals surface area contributed by atoms with Crippen LogP contribution in [0.5, 0.6) is 0 Å². The first kappa shape index (κ1) is 60.5. The molecule has 0 radical (unpaired) electrons. The Labute approximate surface area is 402 Å². The summed E-state index contributed by atoms with van der Waals surface area (Å²) in [5, 5.41) is 47.7. The zero-order valence-electron chi connectivity index (χ0n) is 39.8. The summed E-state index contributed by atoms with van der Waals surface area (Å²) in [6.45, 7) is 5.51. The number of amides is 7. The Balaban J connectivity index is 3.27. The van der Waals surface area contributed by atoms with Crippen LogP contribution in [0.1, 0.15) is 84.6 Å². The second-order valence-electron chi connectivity index (χ2n) is 16.9. The molecule has 0 spiro atoms. The number of rotatable bonds is 34. The van der Waals surface area contributed by atoms with Gasteiger partial charge in [0.25, 0.3) is 0 Å². The van der Waals surface area contributed by atoms with Crippen molar-refractivity contribution in [3.8, 4) is 0 Å². The largest absolute Gasteiger partial charge is 0.480 e. The molecular formula is C44H76N12O11S. The summed E-state index contributed by atoms with van der Waals surface area (Å²) in [6.07, 6.45) is 3.71. The lowest BCUT2D eigenvalue weighted by Gasteiger charge is -2.28. The number of nitrogens with two attached hydrogens (primary N) is 4. The van der Waals surface area contributed by atoms with Gasteiger partial charge in [-0.2, -0.15) is 11.8 Å². The quantitative estimate of drug-likeness (QED) is 0.0186. The van der Waals surface area contributed by atoms with Crippen molar-refractivity contribution < 1.29 is 53.7 Å². The molecule has 0 bridgehead atoms. The molecule has 7 amide bonds. The number of aliphatic imine (C=N–C) groups is 1. The minimum absolute atomic E-state index is 0.0132. The molecule has 18 N–H and O–H groups in total. The van der Waals surface area contributed by atoms with E-state index in [0.717, 1.165) is 5.56 Å². The summed E-state index contributed by atoms with van der Waals surface area (Å²) < 4.78 is 0. The Morgan fingerprint density at radius 2 is 1.10 bits per heavy atom. The second kappa shape index (κ2) is 33.0. The predicted octanol–water partition coefficient (Wildman–Crippen LogP) is -2.95. The van der Waals surface area contributed by atoms with Crippen molar-refractivity contribution in [1.82, 2.24) is 37.2 Å². The Hall–Kier alpha value is -5.56. The maximum absolute atomic E-state index is 13.9. The molecule has 0 aliphatic heterocycles. The number of nitrogens with zero attached hydrogens (tertiary/aromatic N) is 1. The second-order valence-corrected chi connectivity index (χ2v) is 17.9. The molecule has 0 aliphatic rings. The number of guanidine groups is 1. The highest BCUT2D eigenvalue weighted by Gasteiger charge is 2.35. The first-order valence-electron chi connectivity index (χ1n) is 22.8. The number of thioether (sulfide) groups is 1. The standard InChI is InChI=1S/C44H76N12O11S/c1-6-26(4)35(43(66)67)56-40(63)32(21-25(2)3)53-37(60)30(16-12-19-49-44(47)48)51-39(62)31(17-20-68-5)52-41(64)33(23-57)55-42(65)34(24-58)54-38(61)29(15-10-11-18-45)50-36(59)28(46)22-27-13-8-7-9-14-27/h7-9,13-14,25-26,28-35,57-58H,6,10-12,15-24,45-46H2,1-5H3,(H,50,59)(H,51,62)(H,52,64)(H,53,60)(H,54,61)(H,55,65)(H,56,63)(H,66,67)(H4,47,48,49)/t26-,28-,29-,30-,31-,32-,33-,34-,35-/m0/s1. The van der Waals surface area contributed by atoms with E-state index in [0.29, 0.717) is 31.6 Å². The molecule has 0 unspecified atom stereocenters. The minimum atomic E-state index is -1.70. The van der Waals surface area contributed by atoms with Crippen molar-refractivity contribution >= 4 is 65.0 Å². The molecule has 0 saturated carbocycles. The van der Waals surface area contributed by atoms with Gasteiger partial charge in [-0.1, -0.05) is 64.4 Å². The molecule has 24 heteroatoms. The normalized spacial score (nSPS) is 15.1. The van der Waals surface area contributed by atoms with Crippen molar-refractivity contribution in [2.45, 2.75) is 134 Å². The number of nitrogens with one attached hydrogen (secondary N) is 7. The molecule has 68 heavy (non-hydrogen) atoms. The minimum Gasteiger partial charge on any atom is -0.480 e. The average Bonchev–Trinajstić information content (AvgIpc) is 3.29. The van der Waals surface area contributed by atoms with Crippen LogP contribution in [0.3, 0.4) is 0 Å². The van der Waals surface area contributed by atoms with Gasteiger partial charge in [0.2, 0.25) is 41.4 Å². The lowest BCUT2D eigenvalue weighted by atomic mass is 9.97. The lowest BCUT2D eigenvalue weighted by Crippen LogP contribution is -2.61. The molecule has 0 heterocycles. The summed E-state index contributed by atoms with van der Waals surface area (Å²) in [5.74, 6) is -7.61. The van der Waals surface area contributed by atoms with Gasteiger partial charge in [0.15, 0.2) is 5.96 Å². The van der Waals surface area contributed by atoms with E-state index in [9.17, 15) is 53.7 Å². The van der Waals surface area contributed by atoms with Crippen LogP contribution in [-0.2, 0) is 44.8 Å². The molecular weight excluding hydrogens is 905 g/mol. The van der Waals surface area contributed by atoms with Gasteiger partial charge in [0.1, 0.15) is 42.3 Å². The van der Waals surface area contributed by atoms with Crippen LogP contribution in [0.25, 0.3) is 0 Å². The van der Waals surface area contributed by atoms with E-state index in [4.69, 9.17) is 22.9 Å². The maximum atomic E-state index is 13.9. The number of hydrogen-bond acceptors (Lipinski definition) is 14. The lowest BCUT2D eigenvalue weighted by molar-refractivity contribution is -0.144. The molecule has 1 aromatic rings. The Morgan fingerprint density at radius 3 is 1.56 bits per heavy atom. The van der Waals surface area contributed by atoms with Crippen LogP contribution in [0.2, 0.25) is 0 Å². The number of carboxylic acids is 1. The number of carboxylic acid groups (broad SMARTS) is 1. The molecule has 9 atom stereocenters. The smallest absolute Gasteiger partial charge is 0.326 e. The number of hydrogen-bond donors (Lipinski definition) is 14. The molecule has 1 aromatic carbocycles. The van der Waals surface area contributed by atoms with E-state index in [1.807, 2.05) is 6.07 Å². The summed E-state index contributed by atoms with van der Waals surface area (Å²) in [7, 11) is 0. The summed E-state index contributed by atoms with van der Waals surface area (Å²) in [4.78, 5) is 111. The van der Waals surface area contributed by atoms with Crippen molar-refractivity contribution in [1.29, 1.82) is 0 Å². The van der Waals surface area contributed by atoms with Gasteiger partial charge < -0.3 is 75.5 Å². The van der Waals surface area contributed by atoms with Gasteiger partial charge >= 0.3 is 5.97 Å². The fourth-order valence-electron chi connectivity index (χ4n) is 6.67. The van der Waals surface area contributed by atoms with Crippen LogP contribution in [0, 0.1) is 11.8 Å². The molecule has 0 saturated heterocycles. The molecule has 0 aromatic heterocycles. The number of carbonyl (C=O) groups excluding carboxylic acids is 7. The zero-order valence-corrected chi connectivity index (χ0v) is 40.6. The third-order valence-electron chi connectivity index (χ3n) is 10.8. The molecule has 384 valence electrons. The van der Waals surface area contributed by atoms with Gasteiger partial charge in [-0.3, -0.25) is 38.6 Å². The summed E-state index contributed by atoms with van der Waals surface area (Å²) in [5.41, 5.74) is 23.5. The zero-order chi connectivity index (χ0) is 51.3. The van der Waals surface area contributed by atoms with Gasteiger partial charge in [0, 0.05) is 6.54 Å². The number of benzene rings is 1. The third-order valence-corrected chi connectivity index (χ3v) is 11.4. The maximum Gasteiger partial charge on any atom is 0.326 e. The summed E-state index contributed by atoms with van der Waals surface area (Å²) >= 11 is 1.34. The van der Waals surface area contributed by atoms with E-state index in [1.165, 1.54) is 11.8 Å². The van der Waals surface area contributed by atoms with Gasteiger partial charge in [-0.25, -0.2) is 4.79 Å². The van der Waals surface area contributed by atoms with Crippen molar-refractivity contribution in [3.63, 3.8) is 0 Å². The van der Waals surface area contributed by atoms with E-state index in [2.05, 4.69) is 42.2 Å². The van der Waals surface area contributed by atoms with Crippen molar-refractivity contribution in [2.75, 3.05) is 38.3 Å². The Bertz CT molecular complexity index is 1790. The summed E-state index contributed by atoms with van der Waals surface area (Å²) in [6, 6.07) is -1.63. The van der Waals surface area contributed by atoms with Gasteiger partial charge in [-0.05, 0) is 87.3 Å². The molecule has 1 rings (SSSR count). The van der Waals surface area contributed by atoms with Gasteiger partial charge in [-0.15, -0.1) is 0 Å². The predicted molar refractivity (Wildman–Crippen MR) is 258 cm³/mol. The van der Waals surface area contributed by atoms with Crippen LogP contribution in [-0.4, -0.2) is 155 Å². The highest BCUT2D eigenvalue weighted by Crippen LogP contribution is 2.13. The number of aliphatic hydroxyl groups is 2. The number of aliphatic carboxylic acids is 1. The number of aliphatic hydroxyl groups excluding tert-OH is 2. The number of carbonyl (C=O) groups is 8. The topological polar surface area (TPSA) is 398 Å². The first-order chi connectivity index (χ1) is 32.2. The Morgan fingerprint density at radius 1 is 0.647 bits per heavy atom. The SMILES string of the molecule is CC[C@H](C)[C@H](NC(=O)[C@H](CC(C)C)NC(=O)[C@H](CCCN=C(N)N)NC(=O)[C@H](CCSC)NC(=O)[C@H](CO)NC(=O)[C@H](CO)NC(=O)[C@H](CCCCN)NC(=O)[C@@H](N)Cc1ccccc1)C(=O)O. The fraction of sp³-hybridized carbons (Fsp3) is 0.659. The molecule has 0 fully saturated rings. The van der Waals surface area contributed by atoms with E-state index < -0.39 is 115 Å². The van der Waals surface area contributed by atoms with E-state index in [1.54, 1.807) is 58.2 Å². The molecule has 23 nitrogen and oxygen atoms in total.